The number of thioether (sulfide) groups is 1. The summed E-state index contributed by atoms with van der Waals surface area (Å²) in [5.41, 5.74) is 1.23. The molecule has 1 aromatic rings. The van der Waals surface area contributed by atoms with Crippen molar-refractivity contribution in [1.29, 1.82) is 0 Å². The van der Waals surface area contributed by atoms with Gasteiger partial charge in [-0.2, -0.15) is 0 Å². The van der Waals surface area contributed by atoms with Crippen molar-refractivity contribution < 1.29 is 9.90 Å². The van der Waals surface area contributed by atoms with Gasteiger partial charge in [0, 0.05) is 17.5 Å². The van der Waals surface area contributed by atoms with Gasteiger partial charge in [-0.15, -0.1) is 11.8 Å². The maximum Gasteiger partial charge on any atom is 0.233 e. The molecule has 0 aromatic heterocycles. The summed E-state index contributed by atoms with van der Waals surface area (Å²) in [4.78, 5) is 15.4. The second-order valence-corrected chi connectivity index (χ2v) is 6.40. The van der Waals surface area contributed by atoms with Crippen LogP contribution in [0.3, 0.4) is 0 Å². The van der Waals surface area contributed by atoms with E-state index in [1.807, 2.05) is 4.90 Å². The van der Waals surface area contributed by atoms with Crippen LogP contribution in [-0.2, 0) is 4.79 Å². The van der Waals surface area contributed by atoms with E-state index in [9.17, 15) is 4.79 Å². The van der Waals surface area contributed by atoms with Crippen LogP contribution in [0.5, 0.6) is 0 Å². The third-order valence-electron chi connectivity index (χ3n) is 3.81. The summed E-state index contributed by atoms with van der Waals surface area (Å²) in [5, 5.41) is 9.16. The Kier molecular flexibility index (Phi) is 5.92. The molecule has 0 spiro atoms. The number of carbonyl (C=O) groups is 1. The highest BCUT2D eigenvalue weighted by Gasteiger charge is 2.25. The number of amides is 1. The smallest absolute Gasteiger partial charge is 0.233 e. The summed E-state index contributed by atoms with van der Waals surface area (Å²) in [6.07, 6.45) is 4.57. The van der Waals surface area contributed by atoms with Crippen molar-refractivity contribution >= 4 is 17.7 Å². The molecule has 0 saturated heterocycles. The van der Waals surface area contributed by atoms with Gasteiger partial charge >= 0.3 is 0 Å². The average Bonchev–Trinajstić information content (AvgIpc) is 2.97. The fraction of sp³-hybridized carbons (Fsp3) is 0.562. The van der Waals surface area contributed by atoms with Crippen LogP contribution in [0.1, 0.15) is 31.2 Å². The van der Waals surface area contributed by atoms with Gasteiger partial charge in [-0.3, -0.25) is 4.79 Å². The topological polar surface area (TPSA) is 40.5 Å². The van der Waals surface area contributed by atoms with E-state index in [0.717, 1.165) is 17.7 Å². The molecule has 0 unspecified atom stereocenters. The van der Waals surface area contributed by atoms with Gasteiger partial charge in [-0.25, -0.2) is 0 Å². The van der Waals surface area contributed by atoms with Gasteiger partial charge in [0.1, 0.15) is 0 Å². The number of aliphatic hydroxyl groups is 1. The number of hydrogen-bond donors (Lipinski definition) is 1. The maximum absolute atomic E-state index is 12.4. The van der Waals surface area contributed by atoms with E-state index >= 15 is 0 Å². The van der Waals surface area contributed by atoms with Gasteiger partial charge in [0.05, 0.1) is 12.4 Å². The minimum absolute atomic E-state index is 0.0530. The number of aliphatic hydroxyl groups excluding tert-OH is 1. The maximum atomic E-state index is 12.4. The third-order valence-corrected chi connectivity index (χ3v) is 4.81. The molecular weight excluding hydrogens is 270 g/mol. The normalized spacial score (nSPS) is 15.5. The molecule has 1 saturated carbocycles. The van der Waals surface area contributed by atoms with Crippen LogP contribution < -0.4 is 0 Å². The van der Waals surface area contributed by atoms with Crippen molar-refractivity contribution in [3.05, 3.63) is 29.8 Å². The Bertz CT molecular complexity index is 427. The van der Waals surface area contributed by atoms with E-state index in [1.165, 1.54) is 18.4 Å². The first-order valence-electron chi connectivity index (χ1n) is 7.30. The number of hydrogen-bond acceptors (Lipinski definition) is 3. The van der Waals surface area contributed by atoms with Crippen molar-refractivity contribution in [2.75, 3.05) is 18.9 Å². The minimum atomic E-state index is 0.0530. The molecule has 2 rings (SSSR count). The second-order valence-electron chi connectivity index (χ2n) is 5.35. The first-order valence-corrected chi connectivity index (χ1v) is 8.29. The Hall–Kier alpha value is -1.00. The zero-order valence-corrected chi connectivity index (χ0v) is 12.9. The van der Waals surface area contributed by atoms with E-state index in [1.54, 1.807) is 11.8 Å². The molecule has 110 valence electrons. The SMILES string of the molecule is Cc1ccc(SCC(=O)N(CCO)C2CCCC2)cc1. The van der Waals surface area contributed by atoms with E-state index in [4.69, 9.17) is 5.11 Å². The number of carbonyl (C=O) groups excluding carboxylic acids is 1. The molecular formula is C16H23NO2S. The lowest BCUT2D eigenvalue weighted by Crippen LogP contribution is -2.41. The standard InChI is InChI=1S/C16H23NO2S/c1-13-6-8-15(9-7-13)20-12-16(19)17(10-11-18)14-4-2-3-5-14/h6-9,14,18H,2-5,10-12H2,1H3. The highest BCUT2D eigenvalue weighted by Crippen LogP contribution is 2.25. The predicted octanol–water partition coefficient (Wildman–Crippen LogP) is 2.85. The molecule has 0 heterocycles. The summed E-state index contributed by atoms with van der Waals surface area (Å²) in [5.74, 6) is 0.607. The lowest BCUT2D eigenvalue weighted by atomic mass is 10.2. The van der Waals surface area contributed by atoms with Crippen LogP contribution in [0.2, 0.25) is 0 Å². The van der Waals surface area contributed by atoms with E-state index in [0.29, 0.717) is 18.3 Å². The van der Waals surface area contributed by atoms with Gasteiger partial charge in [-0.1, -0.05) is 30.5 Å². The molecule has 0 radical (unpaired) electrons. The van der Waals surface area contributed by atoms with Crippen molar-refractivity contribution in [1.82, 2.24) is 4.90 Å². The molecule has 1 aromatic carbocycles. The first-order chi connectivity index (χ1) is 9.70. The fourth-order valence-corrected chi connectivity index (χ4v) is 3.48. The van der Waals surface area contributed by atoms with Crippen molar-refractivity contribution in [3.8, 4) is 0 Å². The number of nitrogens with zero attached hydrogens (tertiary/aromatic N) is 1. The molecule has 1 aliphatic rings. The Balaban J connectivity index is 1.89. The van der Waals surface area contributed by atoms with Crippen molar-refractivity contribution in [3.63, 3.8) is 0 Å². The minimum Gasteiger partial charge on any atom is -0.395 e. The summed E-state index contributed by atoms with van der Waals surface area (Å²) in [7, 11) is 0. The molecule has 0 atom stereocenters. The predicted molar refractivity (Wildman–Crippen MR) is 83.0 cm³/mol. The largest absolute Gasteiger partial charge is 0.395 e. The molecule has 1 amide bonds. The summed E-state index contributed by atoms with van der Waals surface area (Å²) >= 11 is 1.58. The zero-order chi connectivity index (χ0) is 14.4. The second kappa shape index (κ2) is 7.70. The van der Waals surface area contributed by atoms with Gasteiger partial charge in [-0.05, 0) is 31.9 Å². The highest BCUT2D eigenvalue weighted by molar-refractivity contribution is 8.00. The van der Waals surface area contributed by atoms with Crippen LogP contribution in [0.4, 0.5) is 0 Å². The monoisotopic (exact) mass is 293 g/mol. The van der Waals surface area contributed by atoms with Gasteiger partial charge in [0.2, 0.25) is 5.91 Å². The van der Waals surface area contributed by atoms with Gasteiger partial charge in [0.25, 0.3) is 0 Å². The fourth-order valence-electron chi connectivity index (χ4n) is 2.70. The number of aryl methyl sites for hydroxylation is 1. The van der Waals surface area contributed by atoms with Crippen molar-refractivity contribution in [2.24, 2.45) is 0 Å². The molecule has 1 fully saturated rings. The molecule has 1 aliphatic carbocycles. The Morgan fingerprint density at radius 3 is 2.55 bits per heavy atom. The Morgan fingerprint density at radius 2 is 1.95 bits per heavy atom. The zero-order valence-electron chi connectivity index (χ0n) is 12.0. The summed E-state index contributed by atoms with van der Waals surface area (Å²) in [6.45, 7) is 2.58. The lowest BCUT2D eigenvalue weighted by Gasteiger charge is -2.28. The van der Waals surface area contributed by atoms with Crippen LogP contribution in [0.25, 0.3) is 0 Å². The van der Waals surface area contributed by atoms with Crippen LogP contribution >= 0.6 is 11.8 Å². The van der Waals surface area contributed by atoms with Crippen LogP contribution in [0, 0.1) is 6.92 Å². The molecule has 3 nitrogen and oxygen atoms in total. The summed E-state index contributed by atoms with van der Waals surface area (Å²) in [6, 6.07) is 8.58. The average molecular weight is 293 g/mol. The summed E-state index contributed by atoms with van der Waals surface area (Å²) < 4.78 is 0. The third kappa shape index (κ3) is 4.25. The number of rotatable bonds is 6. The Morgan fingerprint density at radius 1 is 1.30 bits per heavy atom. The van der Waals surface area contributed by atoms with E-state index in [-0.39, 0.29) is 12.5 Å². The van der Waals surface area contributed by atoms with Gasteiger partial charge < -0.3 is 10.0 Å². The van der Waals surface area contributed by atoms with Crippen LogP contribution in [0.15, 0.2) is 29.2 Å². The first kappa shape index (κ1) is 15.4. The molecule has 4 heteroatoms. The highest BCUT2D eigenvalue weighted by atomic mass is 32.2. The molecule has 20 heavy (non-hydrogen) atoms. The van der Waals surface area contributed by atoms with Crippen molar-refractivity contribution in [2.45, 2.75) is 43.5 Å². The lowest BCUT2D eigenvalue weighted by molar-refractivity contribution is -0.131. The van der Waals surface area contributed by atoms with E-state index < -0.39 is 0 Å². The number of benzene rings is 1. The molecule has 0 aliphatic heterocycles. The molecule has 1 N–H and O–H groups in total. The van der Waals surface area contributed by atoms with Crippen LogP contribution in [-0.4, -0.2) is 40.9 Å². The van der Waals surface area contributed by atoms with E-state index in [2.05, 4.69) is 31.2 Å². The van der Waals surface area contributed by atoms with Gasteiger partial charge in [0.15, 0.2) is 0 Å². The molecule has 0 bridgehead atoms. The quantitative estimate of drug-likeness (QED) is 0.820. The Labute approximate surface area is 125 Å².